The van der Waals surface area contributed by atoms with Crippen LogP contribution < -0.4 is 5.32 Å². The molecule has 15 heavy (non-hydrogen) atoms. The maximum absolute atomic E-state index is 11.7. The Kier molecular flexibility index (Phi) is 6.31. The Morgan fingerprint density at radius 1 is 1.40 bits per heavy atom. The van der Waals surface area contributed by atoms with Gasteiger partial charge in [0.25, 0.3) is 0 Å². The molecule has 0 bridgehead atoms. The largest absolute Gasteiger partial charge is 0.481 e. The van der Waals surface area contributed by atoms with Crippen molar-refractivity contribution < 1.29 is 23.1 Å². The maximum atomic E-state index is 11.7. The summed E-state index contributed by atoms with van der Waals surface area (Å²) in [5, 5.41) is 11.3. The first-order chi connectivity index (χ1) is 6.81. The smallest absolute Gasteiger partial charge is 0.389 e. The molecule has 1 unspecified atom stereocenters. The van der Waals surface area contributed by atoms with E-state index in [9.17, 15) is 18.0 Å². The van der Waals surface area contributed by atoms with E-state index in [2.05, 4.69) is 5.32 Å². The molecule has 0 aromatic heterocycles. The van der Waals surface area contributed by atoms with E-state index in [-0.39, 0.29) is 18.9 Å². The first-order valence-corrected chi connectivity index (χ1v) is 4.83. The van der Waals surface area contributed by atoms with Crippen molar-refractivity contribution in [3.63, 3.8) is 0 Å². The fourth-order valence-corrected chi connectivity index (χ4v) is 1.13. The Morgan fingerprint density at radius 2 is 2.00 bits per heavy atom. The molecule has 0 aromatic carbocycles. The fourth-order valence-electron chi connectivity index (χ4n) is 1.13. The summed E-state index contributed by atoms with van der Waals surface area (Å²) in [5.74, 6) is -0.912. The van der Waals surface area contributed by atoms with Gasteiger partial charge in [-0.05, 0) is 26.3 Å². The van der Waals surface area contributed by atoms with Crippen molar-refractivity contribution in [3.05, 3.63) is 0 Å². The predicted octanol–water partition coefficient (Wildman–Crippen LogP) is 2.17. The zero-order valence-electron chi connectivity index (χ0n) is 8.60. The molecule has 6 heteroatoms. The van der Waals surface area contributed by atoms with Gasteiger partial charge in [0.05, 0.1) is 6.42 Å². The van der Waals surface area contributed by atoms with Gasteiger partial charge in [-0.2, -0.15) is 13.2 Å². The Labute approximate surface area is 86.7 Å². The number of carbonyl (C=O) groups is 1. The normalized spacial score (nSPS) is 13.9. The van der Waals surface area contributed by atoms with Gasteiger partial charge < -0.3 is 10.4 Å². The third-order valence-corrected chi connectivity index (χ3v) is 1.86. The van der Waals surface area contributed by atoms with Gasteiger partial charge in [0, 0.05) is 12.5 Å². The SMILES string of the molecule is CC(CC(=O)O)NCCCCC(F)(F)F. The van der Waals surface area contributed by atoms with Crippen LogP contribution in [0.5, 0.6) is 0 Å². The second-order valence-electron chi connectivity index (χ2n) is 3.53. The van der Waals surface area contributed by atoms with Crippen molar-refractivity contribution in [1.29, 1.82) is 0 Å². The quantitative estimate of drug-likeness (QED) is 0.655. The highest BCUT2D eigenvalue weighted by Gasteiger charge is 2.25. The molecule has 0 rings (SSSR count). The first-order valence-electron chi connectivity index (χ1n) is 4.83. The van der Waals surface area contributed by atoms with Crippen molar-refractivity contribution >= 4 is 5.97 Å². The molecule has 0 aliphatic carbocycles. The number of aliphatic carboxylic acids is 1. The van der Waals surface area contributed by atoms with E-state index in [1.807, 2.05) is 0 Å². The van der Waals surface area contributed by atoms with E-state index >= 15 is 0 Å². The summed E-state index contributed by atoms with van der Waals surface area (Å²) in [6.07, 6.45) is -4.40. The lowest BCUT2D eigenvalue weighted by atomic mass is 10.2. The summed E-state index contributed by atoms with van der Waals surface area (Å²) >= 11 is 0. The van der Waals surface area contributed by atoms with Crippen molar-refractivity contribution in [3.8, 4) is 0 Å². The molecule has 90 valence electrons. The Bertz CT molecular complexity index is 194. The van der Waals surface area contributed by atoms with Crippen LogP contribution >= 0.6 is 0 Å². The van der Waals surface area contributed by atoms with Crippen LogP contribution in [0, 0.1) is 0 Å². The van der Waals surface area contributed by atoms with Crippen molar-refractivity contribution in [2.75, 3.05) is 6.54 Å². The van der Waals surface area contributed by atoms with E-state index in [4.69, 9.17) is 5.11 Å². The van der Waals surface area contributed by atoms with Crippen LogP contribution in [0.1, 0.15) is 32.6 Å². The van der Waals surface area contributed by atoms with E-state index in [0.717, 1.165) is 0 Å². The number of hydrogen-bond donors (Lipinski definition) is 2. The van der Waals surface area contributed by atoms with Gasteiger partial charge in [0.1, 0.15) is 0 Å². The minimum Gasteiger partial charge on any atom is -0.481 e. The lowest BCUT2D eigenvalue weighted by Crippen LogP contribution is -2.29. The average Bonchev–Trinajstić information content (AvgIpc) is 1.99. The van der Waals surface area contributed by atoms with Crippen LogP contribution in [-0.4, -0.2) is 29.8 Å². The van der Waals surface area contributed by atoms with Crippen LogP contribution in [0.4, 0.5) is 13.2 Å². The highest BCUT2D eigenvalue weighted by atomic mass is 19.4. The topological polar surface area (TPSA) is 49.3 Å². The molecule has 0 saturated carbocycles. The number of carboxylic acids is 1. The zero-order chi connectivity index (χ0) is 11.9. The molecule has 0 heterocycles. The number of hydrogen-bond acceptors (Lipinski definition) is 2. The molecule has 0 fully saturated rings. The van der Waals surface area contributed by atoms with Gasteiger partial charge in [-0.15, -0.1) is 0 Å². The fraction of sp³-hybridized carbons (Fsp3) is 0.889. The number of unbranched alkanes of at least 4 members (excludes halogenated alkanes) is 1. The van der Waals surface area contributed by atoms with Crippen molar-refractivity contribution in [2.45, 2.75) is 44.8 Å². The van der Waals surface area contributed by atoms with Gasteiger partial charge in [0.15, 0.2) is 0 Å². The minimum absolute atomic E-state index is 0.0146. The Hall–Kier alpha value is -0.780. The average molecular weight is 227 g/mol. The van der Waals surface area contributed by atoms with Gasteiger partial charge in [-0.25, -0.2) is 0 Å². The summed E-state index contributed by atoms with van der Waals surface area (Å²) in [6, 6.07) is -0.201. The third kappa shape index (κ3) is 11.1. The van der Waals surface area contributed by atoms with Crippen molar-refractivity contribution in [2.24, 2.45) is 0 Å². The number of carboxylic acid groups (broad SMARTS) is 1. The van der Waals surface area contributed by atoms with Crippen LogP contribution in [0.25, 0.3) is 0 Å². The third-order valence-electron chi connectivity index (χ3n) is 1.86. The second-order valence-corrected chi connectivity index (χ2v) is 3.53. The van der Waals surface area contributed by atoms with Crippen LogP contribution in [0.3, 0.4) is 0 Å². The highest BCUT2D eigenvalue weighted by Crippen LogP contribution is 2.21. The van der Waals surface area contributed by atoms with Crippen molar-refractivity contribution in [1.82, 2.24) is 5.32 Å². The Balaban J connectivity index is 3.35. The summed E-state index contributed by atoms with van der Waals surface area (Å²) in [6.45, 7) is 2.11. The van der Waals surface area contributed by atoms with Crippen LogP contribution in [0.15, 0.2) is 0 Å². The summed E-state index contributed by atoms with van der Waals surface area (Å²) in [7, 11) is 0. The molecule has 3 nitrogen and oxygen atoms in total. The van der Waals surface area contributed by atoms with E-state index < -0.39 is 18.6 Å². The van der Waals surface area contributed by atoms with Gasteiger partial charge >= 0.3 is 12.1 Å². The monoisotopic (exact) mass is 227 g/mol. The van der Waals surface area contributed by atoms with Crippen LogP contribution in [-0.2, 0) is 4.79 Å². The lowest BCUT2D eigenvalue weighted by Gasteiger charge is -2.11. The molecule has 0 aliphatic rings. The lowest BCUT2D eigenvalue weighted by molar-refractivity contribution is -0.137. The van der Waals surface area contributed by atoms with Gasteiger partial charge in [0.2, 0.25) is 0 Å². The molecule has 0 spiro atoms. The number of nitrogens with one attached hydrogen (secondary N) is 1. The standard InChI is InChI=1S/C9H16F3NO2/c1-7(6-8(14)15)13-5-3-2-4-9(10,11)12/h7,13H,2-6H2,1H3,(H,14,15). The van der Waals surface area contributed by atoms with E-state index in [1.54, 1.807) is 6.92 Å². The van der Waals surface area contributed by atoms with E-state index in [0.29, 0.717) is 13.0 Å². The minimum atomic E-state index is -4.09. The second kappa shape index (κ2) is 6.66. The molecule has 0 radical (unpaired) electrons. The number of halogens is 3. The molecule has 0 aromatic rings. The number of rotatable bonds is 7. The highest BCUT2D eigenvalue weighted by molar-refractivity contribution is 5.67. The molecule has 1 atom stereocenters. The molecule has 0 amide bonds. The molecular formula is C9H16F3NO2. The molecule has 0 saturated heterocycles. The maximum Gasteiger partial charge on any atom is 0.389 e. The predicted molar refractivity (Wildman–Crippen MR) is 49.6 cm³/mol. The molecular weight excluding hydrogens is 211 g/mol. The molecule has 2 N–H and O–H groups in total. The van der Waals surface area contributed by atoms with E-state index in [1.165, 1.54) is 0 Å². The zero-order valence-corrected chi connectivity index (χ0v) is 8.60. The van der Waals surface area contributed by atoms with Crippen LogP contribution in [0.2, 0.25) is 0 Å². The summed E-state index contributed by atoms with van der Waals surface area (Å²) < 4.78 is 35.1. The molecule has 0 aliphatic heterocycles. The summed E-state index contributed by atoms with van der Waals surface area (Å²) in [5.41, 5.74) is 0. The summed E-state index contributed by atoms with van der Waals surface area (Å²) in [4.78, 5) is 10.2. The van der Waals surface area contributed by atoms with Gasteiger partial charge in [-0.3, -0.25) is 4.79 Å². The Morgan fingerprint density at radius 3 is 2.47 bits per heavy atom. The first kappa shape index (κ1) is 14.2. The number of alkyl halides is 3. The van der Waals surface area contributed by atoms with Gasteiger partial charge in [-0.1, -0.05) is 0 Å².